The summed E-state index contributed by atoms with van der Waals surface area (Å²) in [5.41, 5.74) is 7.25. The van der Waals surface area contributed by atoms with E-state index in [1.807, 2.05) is 24.3 Å². The second kappa shape index (κ2) is 4.47. The van der Waals surface area contributed by atoms with Crippen LogP contribution in [0.1, 0.15) is 11.7 Å². The topological polar surface area (TPSA) is 77.3 Å². The van der Waals surface area contributed by atoms with E-state index >= 15 is 0 Å². The average Bonchev–Trinajstić information content (AvgIpc) is 2.79. The van der Waals surface area contributed by atoms with Crippen LogP contribution < -0.4 is 10.5 Å². The van der Waals surface area contributed by atoms with Crippen molar-refractivity contribution in [3.63, 3.8) is 0 Å². The molecule has 0 aliphatic rings. The number of aromatic amines is 1. The lowest BCUT2D eigenvalue weighted by molar-refractivity contribution is -0.142. The first-order valence-corrected chi connectivity index (χ1v) is 5.15. The Morgan fingerprint density at radius 1 is 1.35 bits per heavy atom. The monoisotopic (exact) mass is 234 g/mol. The van der Waals surface area contributed by atoms with Crippen LogP contribution in [0.4, 0.5) is 0 Å². The van der Waals surface area contributed by atoms with Gasteiger partial charge in [0.05, 0.1) is 14.2 Å². The van der Waals surface area contributed by atoms with Crippen molar-refractivity contribution >= 4 is 16.9 Å². The smallest absolute Gasteiger partial charge is 0.328 e. The van der Waals surface area contributed by atoms with E-state index in [4.69, 9.17) is 10.5 Å². The Labute approximate surface area is 98.5 Å². The van der Waals surface area contributed by atoms with Crippen LogP contribution in [0.3, 0.4) is 0 Å². The van der Waals surface area contributed by atoms with Crippen molar-refractivity contribution in [2.75, 3.05) is 14.2 Å². The summed E-state index contributed by atoms with van der Waals surface area (Å²) in [6.07, 6.45) is 0. The zero-order valence-corrected chi connectivity index (χ0v) is 9.69. The standard InChI is InChI=1S/C12H14N2O3/c1-16-8-4-3-7-5-10(14-9(7)6-8)11(13)12(15)17-2/h3-6,11,14H,13H2,1-2H3. The lowest BCUT2D eigenvalue weighted by atomic mass is 10.2. The number of carbonyl (C=O) groups is 1. The van der Waals surface area contributed by atoms with Crippen molar-refractivity contribution in [3.8, 4) is 5.75 Å². The van der Waals surface area contributed by atoms with Gasteiger partial charge in [-0.05, 0) is 23.6 Å². The summed E-state index contributed by atoms with van der Waals surface area (Å²) >= 11 is 0. The molecule has 3 N–H and O–H groups in total. The summed E-state index contributed by atoms with van der Waals surface area (Å²) in [4.78, 5) is 14.4. The van der Waals surface area contributed by atoms with Crippen LogP contribution in [0.2, 0.25) is 0 Å². The van der Waals surface area contributed by atoms with Gasteiger partial charge in [-0.25, -0.2) is 4.79 Å². The van der Waals surface area contributed by atoms with E-state index in [-0.39, 0.29) is 0 Å². The lowest BCUT2D eigenvalue weighted by Gasteiger charge is -2.05. The number of fused-ring (bicyclic) bond motifs is 1. The molecule has 2 aromatic rings. The number of esters is 1. The summed E-state index contributed by atoms with van der Waals surface area (Å²) in [7, 11) is 2.92. The molecule has 2 rings (SSSR count). The van der Waals surface area contributed by atoms with Crippen LogP contribution in [0.5, 0.6) is 5.75 Å². The molecule has 0 bridgehead atoms. The van der Waals surface area contributed by atoms with E-state index in [9.17, 15) is 4.79 Å². The van der Waals surface area contributed by atoms with Crippen LogP contribution in [0.15, 0.2) is 24.3 Å². The summed E-state index contributed by atoms with van der Waals surface area (Å²) in [6, 6.07) is 6.64. The molecule has 0 fully saturated rings. The SMILES string of the molecule is COC(=O)C(N)c1cc2ccc(OC)cc2[nH]1. The Bertz CT molecular complexity index is 548. The minimum Gasteiger partial charge on any atom is -0.497 e. The number of benzene rings is 1. The number of rotatable bonds is 3. The van der Waals surface area contributed by atoms with Crippen LogP contribution >= 0.6 is 0 Å². The molecule has 0 radical (unpaired) electrons. The number of H-pyrrole nitrogens is 1. The summed E-state index contributed by atoms with van der Waals surface area (Å²) in [5, 5.41) is 0.972. The van der Waals surface area contributed by atoms with Gasteiger partial charge in [0.15, 0.2) is 0 Å². The van der Waals surface area contributed by atoms with E-state index < -0.39 is 12.0 Å². The molecule has 1 aromatic carbocycles. The van der Waals surface area contributed by atoms with E-state index in [0.717, 1.165) is 16.7 Å². The number of hydrogen-bond acceptors (Lipinski definition) is 4. The van der Waals surface area contributed by atoms with Gasteiger partial charge in [0.1, 0.15) is 11.8 Å². The van der Waals surface area contributed by atoms with Gasteiger partial charge < -0.3 is 20.2 Å². The predicted molar refractivity (Wildman–Crippen MR) is 63.8 cm³/mol. The molecule has 1 aromatic heterocycles. The first-order valence-electron chi connectivity index (χ1n) is 5.15. The van der Waals surface area contributed by atoms with Crippen molar-refractivity contribution in [3.05, 3.63) is 30.0 Å². The first kappa shape index (κ1) is 11.5. The van der Waals surface area contributed by atoms with Crippen LogP contribution in [0.25, 0.3) is 10.9 Å². The molecule has 0 aliphatic carbocycles. The van der Waals surface area contributed by atoms with E-state index in [1.165, 1.54) is 7.11 Å². The quantitative estimate of drug-likeness (QED) is 0.786. The third-order valence-corrected chi connectivity index (χ3v) is 2.64. The lowest BCUT2D eigenvalue weighted by Crippen LogP contribution is -2.22. The molecule has 1 unspecified atom stereocenters. The second-order valence-corrected chi connectivity index (χ2v) is 3.68. The molecule has 1 heterocycles. The predicted octanol–water partition coefficient (Wildman–Crippen LogP) is 1.35. The van der Waals surface area contributed by atoms with Gasteiger partial charge in [0.25, 0.3) is 0 Å². The minimum absolute atomic E-state index is 0.469. The maximum atomic E-state index is 11.3. The number of ether oxygens (including phenoxy) is 2. The molecule has 17 heavy (non-hydrogen) atoms. The molecule has 0 aliphatic heterocycles. The molecule has 0 spiro atoms. The van der Waals surface area contributed by atoms with Gasteiger partial charge in [-0.1, -0.05) is 0 Å². The zero-order chi connectivity index (χ0) is 12.4. The molecule has 1 atom stereocenters. The number of carbonyl (C=O) groups excluding carboxylic acids is 1. The second-order valence-electron chi connectivity index (χ2n) is 3.68. The molecule has 0 saturated heterocycles. The largest absolute Gasteiger partial charge is 0.497 e. The fourth-order valence-electron chi connectivity index (χ4n) is 1.68. The van der Waals surface area contributed by atoms with Crippen LogP contribution in [-0.4, -0.2) is 25.2 Å². The number of nitrogens with two attached hydrogens (primary N) is 1. The minimum atomic E-state index is -0.793. The highest BCUT2D eigenvalue weighted by Crippen LogP contribution is 2.23. The fraction of sp³-hybridized carbons (Fsp3) is 0.250. The van der Waals surface area contributed by atoms with Gasteiger partial charge in [0.2, 0.25) is 0 Å². The number of nitrogens with one attached hydrogen (secondary N) is 1. The van der Waals surface area contributed by atoms with Crippen LogP contribution in [-0.2, 0) is 9.53 Å². The number of methoxy groups -OCH3 is 2. The highest BCUT2D eigenvalue weighted by atomic mass is 16.5. The van der Waals surface area contributed by atoms with Gasteiger partial charge in [-0.2, -0.15) is 0 Å². The third kappa shape index (κ3) is 2.09. The van der Waals surface area contributed by atoms with Gasteiger partial charge in [-0.15, -0.1) is 0 Å². The third-order valence-electron chi connectivity index (χ3n) is 2.64. The Balaban J connectivity index is 2.40. The molecule has 5 heteroatoms. The van der Waals surface area contributed by atoms with E-state index in [2.05, 4.69) is 9.72 Å². The van der Waals surface area contributed by atoms with Gasteiger partial charge >= 0.3 is 5.97 Å². The van der Waals surface area contributed by atoms with Crippen molar-refractivity contribution in [2.45, 2.75) is 6.04 Å². The van der Waals surface area contributed by atoms with Crippen molar-refractivity contribution in [1.82, 2.24) is 4.98 Å². The molecule has 5 nitrogen and oxygen atoms in total. The fourth-order valence-corrected chi connectivity index (χ4v) is 1.68. The summed E-state index contributed by atoms with van der Waals surface area (Å²) in [6.45, 7) is 0. The molecular weight excluding hydrogens is 220 g/mol. The van der Waals surface area contributed by atoms with Crippen molar-refractivity contribution in [1.29, 1.82) is 0 Å². The van der Waals surface area contributed by atoms with E-state index in [0.29, 0.717) is 5.69 Å². The molecular formula is C12H14N2O3. The summed E-state index contributed by atoms with van der Waals surface area (Å²) < 4.78 is 9.72. The Kier molecular flexibility index (Phi) is 3.01. The molecule has 0 amide bonds. The Morgan fingerprint density at radius 3 is 2.76 bits per heavy atom. The van der Waals surface area contributed by atoms with Gasteiger partial charge in [-0.3, -0.25) is 0 Å². The Morgan fingerprint density at radius 2 is 2.12 bits per heavy atom. The zero-order valence-electron chi connectivity index (χ0n) is 9.69. The first-order chi connectivity index (χ1) is 8.15. The van der Waals surface area contributed by atoms with E-state index in [1.54, 1.807) is 7.11 Å². The Hall–Kier alpha value is -2.01. The highest BCUT2D eigenvalue weighted by molar-refractivity contribution is 5.85. The number of aromatic nitrogens is 1. The van der Waals surface area contributed by atoms with Crippen molar-refractivity contribution < 1.29 is 14.3 Å². The van der Waals surface area contributed by atoms with Crippen molar-refractivity contribution in [2.24, 2.45) is 5.73 Å². The average molecular weight is 234 g/mol. The van der Waals surface area contributed by atoms with Gasteiger partial charge in [0, 0.05) is 17.3 Å². The van der Waals surface area contributed by atoms with Crippen LogP contribution in [0, 0.1) is 0 Å². The maximum absolute atomic E-state index is 11.3. The summed E-state index contributed by atoms with van der Waals surface area (Å²) in [5.74, 6) is 0.279. The number of hydrogen-bond donors (Lipinski definition) is 2. The maximum Gasteiger partial charge on any atom is 0.328 e. The molecule has 90 valence electrons. The molecule has 0 saturated carbocycles. The highest BCUT2D eigenvalue weighted by Gasteiger charge is 2.18. The normalized spacial score (nSPS) is 12.4.